The molecule has 0 amide bonds. The molecule has 0 spiro atoms. The number of rotatable bonds is 3. The monoisotopic (exact) mass is 343 g/mol. The van der Waals surface area contributed by atoms with E-state index in [1.54, 1.807) is 6.07 Å². The Morgan fingerprint density at radius 1 is 0.952 bits per heavy atom. The number of fused-ring (bicyclic) bond motifs is 5. The highest BCUT2D eigenvalue weighted by Gasteiger charge is 2.53. The average Bonchev–Trinajstić information content (AvgIpc) is 3.14. The zero-order valence-corrected chi connectivity index (χ0v) is 14.2. The van der Waals surface area contributed by atoms with Gasteiger partial charge in [-0.3, -0.25) is 0 Å². The van der Waals surface area contributed by atoms with Gasteiger partial charge in [0.25, 0.3) is 0 Å². The van der Waals surface area contributed by atoms with Crippen LogP contribution in [-0.4, -0.2) is 6.04 Å². The summed E-state index contributed by atoms with van der Waals surface area (Å²) >= 11 is 18.7. The van der Waals surface area contributed by atoms with Crippen LogP contribution < -0.4 is 5.32 Å². The molecule has 5 unspecified atom stereocenters. The molecule has 1 N–H and O–H groups in total. The Morgan fingerprint density at radius 2 is 1.71 bits per heavy atom. The Kier molecular flexibility index (Phi) is 3.90. The van der Waals surface area contributed by atoms with Gasteiger partial charge in [0.2, 0.25) is 0 Å². The van der Waals surface area contributed by atoms with Crippen molar-refractivity contribution in [3.05, 3.63) is 32.8 Å². The lowest BCUT2D eigenvalue weighted by Crippen LogP contribution is -2.39. The first-order valence-electron chi connectivity index (χ1n) is 8.01. The first kappa shape index (κ1) is 14.6. The molecule has 0 aromatic heterocycles. The topological polar surface area (TPSA) is 12.0 Å². The third kappa shape index (κ3) is 2.41. The predicted octanol–water partition coefficient (Wildman–Crippen LogP) is 5.56. The van der Waals surface area contributed by atoms with Gasteiger partial charge in [0.1, 0.15) is 0 Å². The van der Waals surface area contributed by atoms with Crippen molar-refractivity contribution in [2.24, 2.45) is 23.7 Å². The fourth-order valence-electron chi connectivity index (χ4n) is 5.27. The zero-order valence-electron chi connectivity index (χ0n) is 11.9. The fourth-order valence-corrected chi connectivity index (χ4v) is 5.95. The van der Waals surface area contributed by atoms with Crippen LogP contribution >= 0.6 is 34.8 Å². The lowest BCUT2D eigenvalue weighted by Gasteiger charge is -2.32. The van der Waals surface area contributed by atoms with Crippen molar-refractivity contribution >= 4 is 34.8 Å². The Balaban J connectivity index is 1.46. The number of halogens is 3. The molecule has 0 heterocycles. The fraction of sp³-hybridized carbons (Fsp3) is 0.647. The Bertz CT molecular complexity index is 559. The highest BCUT2D eigenvalue weighted by molar-refractivity contribution is 6.44. The maximum Gasteiger partial charge on any atom is 0.0652 e. The summed E-state index contributed by atoms with van der Waals surface area (Å²) in [5.41, 5.74) is 0.941. The van der Waals surface area contributed by atoms with E-state index in [1.165, 1.54) is 32.1 Å². The van der Waals surface area contributed by atoms with Gasteiger partial charge in [0.15, 0.2) is 0 Å². The highest BCUT2D eigenvalue weighted by Crippen LogP contribution is 2.58. The number of benzene rings is 1. The Morgan fingerprint density at radius 3 is 2.57 bits per heavy atom. The second-order valence-electron chi connectivity index (χ2n) is 6.96. The van der Waals surface area contributed by atoms with E-state index in [9.17, 15) is 0 Å². The summed E-state index contributed by atoms with van der Waals surface area (Å²) in [6.45, 7) is 0.726. The first-order valence-corrected chi connectivity index (χ1v) is 9.14. The van der Waals surface area contributed by atoms with Gasteiger partial charge in [-0.25, -0.2) is 0 Å². The molecule has 0 radical (unpaired) electrons. The standard InChI is InChI=1S/C17H20Cl3N/c18-14-4-5-15(19)17(20)13(14)8-21-16-7-9-6-12(16)11-3-1-2-10(9)11/h4-5,9-12,16,21H,1-3,6-8H2. The SMILES string of the molecule is Clc1ccc(Cl)c(CNC2CC3CC2C2CCCC32)c1Cl. The van der Waals surface area contributed by atoms with Crippen LogP contribution in [0.25, 0.3) is 0 Å². The summed E-state index contributed by atoms with van der Waals surface area (Å²) in [6.07, 6.45) is 7.14. The van der Waals surface area contributed by atoms with Crippen LogP contribution in [0.4, 0.5) is 0 Å². The molecule has 1 nitrogen and oxygen atoms in total. The van der Waals surface area contributed by atoms with Crippen molar-refractivity contribution in [2.75, 3.05) is 0 Å². The van der Waals surface area contributed by atoms with Crippen LogP contribution in [0.5, 0.6) is 0 Å². The minimum Gasteiger partial charge on any atom is -0.310 e. The molecular weight excluding hydrogens is 325 g/mol. The highest BCUT2D eigenvalue weighted by atomic mass is 35.5. The summed E-state index contributed by atoms with van der Waals surface area (Å²) in [5.74, 6) is 3.85. The number of hydrogen-bond acceptors (Lipinski definition) is 1. The quantitative estimate of drug-likeness (QED) is 0.708. The number of nitrogens with one attached hydrogen (secondary N) is 1. The summed E-state index contributed by atoms with van der Waals surface area (Å²) in [6, 6.07) is 4.23. The molecule has 2 bridgehead atoms. The van der Waals surface area contributed by atoms with Crippen molar-refractivity contribution in [1.29, 1.82) is 0 Å². The molecule has 1 aromatic carbocycles. The summed E-state index contributed by atoms with van der Waals surface area (Å²) in [5, 5.41) is 5.61. The minimum atomic E-state index is 0.585. The van der Waals surface area contributed by atoms with E-state index in [0.717, 1.165) is 35.8 Å². The van der Waals surface area contributed by atoms with Crippen molar-refractivity contribution < 1.29 is 0 Å². The molecule has 3 saturated carbocycles. The molecule has 0 saturated heterocycles. The number of hydrogen-bond donors (Lipinski definition) is 1. The smallest absolute Gasteiger partial charge is 0.0652 e. The van der Waals surface area contributed by atoms with Crippen molar-refractivity contribution in [3.8, 4) is 0 Å². The molecule has 21 heavy (non-hydrogen) atoms. The molecule has 114 valence electrons. The van der Waals surface area contributed by atoms with E-state index < -0.39 is 0 Å². The van der Waals surface area contributed by atoms with E-state index in [2.05, 4.69) is 5.32 Å². The Labute approximate surface area is 141 Å². The molecule has 3 fully saturated rings. The van der Waals surface area contributed by atoms with Crippen LogP contribution in [0.1, 0.15) is 37.7 Å². The third-order valence-corrected chi connectivity index (χ3v) is 7.31. The maximum absolute atomic E-state index is 6.30. The van der Waals surface area contributed by atoms with Gasteiger partial charge in [0.05, 0.1) is 10.0 Å². The van der Waals surface area contributed by atoms with Crippen molar-refractivity contribution in [2.45, 2.75) is 44.7 Å². The normalized spacial score (nSPS) is 37.2. The minimum absolute atomic E-state index is 0.585. The first-order chi connectivity index (χ1) is 10.1. The lowest BCUT2D eigenvalue weighted by atomic mass is 9.79. The molecule has 3 aliphatic carbocycles. The van der Waals surface area contributed by atoms with Gasteiger partial charge >= 0.3 is 0 Å². The summed E-state index contributed by atoms with van der Waals surface area (Å²) in [4.78, 5) is 0. The van der Waals surface area contributed by atoms with Gasteiger partial charge in [0, 0.05) is 23.2 Å². The second-order valence-corrected chi connectivity index (χ2v) is 8.16. The largest absolute Gasteiger partial charge is 0.310 e. The van der Waals surface area contributed by atoms with Crippen molar-refractivity contribution in [3.63, 3.8) is 0 Å². The zero-order chi connectivity index (χ0) is 14.6. The molecule has 0 aliphatic heterocycles. The van der Waals surface area contributed by atoms with Gasteiger partial charge in [-0.2, -0.15) is 0 Å². The van der Waals surface area contributed by atoms with Crippen LogP contribution in [0.3, 0.4) is 0 Å². The summed E-state index contributed by atoms with van der Waals surface area (Å²) in [7, 11) is 0. The predicted molar refractivity (Wildman–Crippen MR) is 89.1 cm³/mol. The molecule has 5 atom stereocenters. The molecule has 1 aromatic rings. The van der Waals surface area contributed by atoms with Crippen LogP contribution in [0.2, 0.25) is 15.1 Å². The Hall–Kier alpha value is 0.0500. The molecular formula is C17H20Cl3N. The van der Waals surface area contributed by atoms with E-state index >= 15 is 0 Å². The van der Waals surface area contributed by atoms with E-state index in [-0.39, 0.29) is 0 Å². The van der Waals surface area contributed by atoms with Crippen LogP contribution in [-0.2, 0) is 6.54 Å². The maximum atomic E-state index is 6.30. The van der Waals surface area contributed by atoms with E-state index in [1.807, 2.05) is 6.07 Å². The van der Waals surface area contributed by atoms with Crippen LogP contribution in [0, 0.1) is 23.7 Å². The van der Waals surface area contributed by atoms with Gasteiger partial charge in [-0.15, -0.1) is 0 Å². The van der Waals surface area contributed by atoms with Crippen molar-refractivity contribution in [1.82, 2.24) is 5.32 Å². The molecule has 3 aliphatic rings. The summed E-state index contributed by atoms with van der Waals surface area (Å²) < 4.78 is 0. The van der Waals surface area contributed by atoms with E-state index in [4.69, 9.17) is 34.8 Å². The van der Waals surface area contributed by atoms with Gasteiger partial charge < -0.3 is 5.32 Å². The van der Waals surface area contributed by atoms with E-state index in [0.29, 0.717) is 21.1 Å². The third-order valence-electron chi connectivity index (χ3n) is 6.11. The van der Waals surface area contributed by atoms with Crippen LogP contribution in [0.15, 0.2) is 12.1 Å². The van der Waals surface area contributed by atoms with Gasteiger partial charge in [-0.05, 0) is 61.5 Å². The average molecular weight is 345 g/mol. The molecule has 4 heteroatoms. The second kappa shape index (κ2) is 5.60. The lowest BCUT2D eigenvalue weighted by molar-refractivity contribution is 0.208. The molecule has 4 rings (SSSR count). The van der Waals surface area contributed by atoms with Gasteiger partial charge in [-0.1, -0.05) is 41.2 Å².